The van der Waals surface area contributed by atoms with Crippen LogP contribution < -0.4 is 10.6 Å². The third-order valence-corrected chi connectivity index (χ3v) is 5.41. The van der Waals surface area contributed by atoms with Crippen LogP contribution in [0.5, 0.6) is 0 Å². The number of hydrogen-bond acceptors (Lipinski definition) is 5. The molecule has 2 aromatic carbocycles. The van der Waals surface area contributed by atoms with Gasteiger partial charge in [-0.15, -0.1) is 0 Å². The lowest BCUT2D eigenvalue weighted by molar-refractivity contribution is 0.111. The Morgan fingerprint density at radius 3 is 2.77 bits per heavy atom. The van der Waals surface area contributed by atoms with E-state index in [9.17, 15) is 9.90 Å². The van der Waals surface area contributed by atoms with E-state index in [0.29, 0.717) is 5.69 Å². The van der Waals surface area contributed by atoms with Gasteiger partial charge < -0.3 is 20.7 Å². The number of rotatable bonds is 8. The normalized spacial score (nSPS) is 12.0. The van der Waals surface area contributed by atoms with Crippen LogP contribution in [-0.2, 0) is 6.42 Å². The van der Waals surface area contributed by atoms with Crippen LogP contribution in [0.15, 0.2) is 60.9 Å². The number of aromatic nitrogens is 2. The van der Waals surface area contributed by atoms with Crippen molar-refractivity contribution in [3.8, 4) is 0 Å². The van der Waals surface area contributed by atoms with Crippen LogP contribution in [0.1, 0.15) is 40.2 Å². The van der Waals surface area contributed by atoms with Gasteiger partial charge in [0.25, 0.3) is 0 Å². The van der Waals surface area contributed by atoms with Gasteiger partial charge in [0, 0.05) is 47.0 Å². The molecule has 0 fully saturated rings. The Hall–Kier alpha value is -3.64. The van der Waals surface area contributed by atoms with Crippen molar-refractivity contribution in [2.45, 2.75) is 26.4 Å². The molecule has 0 saturated carbocycles. The highest BCUT2D eigenvalue weighted by molar-refractivity contribution is 5.86. The third kappa shape index (κ3) is 4.59. The highest BCUT2D eigenvalue weighted by atomic mass is 16.3. The number of aromatic amines is 1. The topological polar surface area (TPSA) is 90.0 Å². The highest BCUT2D eigenvalue weighted by Crippen LogP contribution is 2.27. The molecule has 0 spiro atoms. The van der Waals surface area contributed by atoms with E-state index in [0.717, 1.165) is 58.3 Å². The molecule has 0 aliphatic heterocycles. The summed E-state index contributed by atoms with van der Waals surface area (Å²) in [5.41, 5.74) is 7.55. The van der Waals surface area contributed by atoms with E-state index in [1.165, 1.54) is 5.56 Å². The number of H-pyrrole nitrogens is 1. The van der Waals surface area contributed by atoms with Crippen LogP contribution in [0.25, 0.3) is 10.9 Å². The van der Waals surface area contributed by atoms with Gasteiger partial charge in [-0.25, -0.2) is 0 Å². The minimum Gasteiger partial charge on any atom is -0.389 e. The number of pyridine rings is 1. The molecule has 4 rings (SSSR count). The molecular weight excluding hydrogens is 388 g/mol. The predicted molar refractivity (Wildman–Crippen MR) is 125 cm³/mol. The molecule has 6 heteroatoms. The lowest BCUT2D eigenvalue weighted by Crippen LogP contribution is -2.06. The Morgan fingerprint density at radius 1 is 1.16 bits per heavy atom. The fourth-order valence-electron chi connectivity index (χ4n) is 3.82. The van der Waals surface area contributed by atoms with E-state index in [-0.39, 0.29) is 0 Å². The van der Waals surface area contributed by atoms with Gasteiger partial charge in [0.1, 0.15) is 5.69 Å². The SMILES string of the molecule is Cc1cc(Nc2ccnc(C=O)c2)ccc1NCCc1c[nH]c2c(C(C)O)cccc12. The van der Waals surface area contributed by atoms with Crippen molar-refractivity contribution in [2.75, 3.05) is 17.2 Å². The molecule has 0 amide bonds. The molecule has 1 atom stereocenters. The predicted octanol–water partition coefficient (Wildman–Crippen LogP) is 5.14. The molecule has 158 valence electrons. The number of carbonyl (C=O) groups is 1. The summed E-state index contributed by atoms with van der Waals surface area (Å²) in [6.45, 7) is 4.65. The number of anilines is 3. The van der Waals surface area contributed by atoms with Gasteiger partial charge in [0.15, 0.2) is 6.29 Å². The molecule has 2 heterocycles. The molecule has 0 radical (unpaired) electrons. The van der Waals surface area contributed by atoms with Crippen LogP contribution in [-0.4, -0.2) is 27.9 Å². The fraction of sp³-hybridized carbons (Fsp3) is 0.200. The number of para-hydroxylation sites is 1. The molecule has 4 aromatic rings. The van der Waals surface area contributed by atoms with Crippen LogP contribution in [0.4, 0.5) is 17.1 Å². The van der Waals surface area contributed by atoms with E-state index in [1.807, 2.05) is 30.5 Å². The van der Waals surface area contributed by atoms with Crippen molar-refractivity contribution >= 4 is 34.3 Å². The molecule has 6 nitrogen and oxygen atoms in total. The van der Waals surface area contributed by atoms with Crippen LogP contribution in [0.2, 0.25) is 0 Å². The standard InChI is InChI=1S/C25H26N4O2/c1-16-12-19(29-20-9-11-26-21(13-20)15-30)6-7-24(16)27-10-8-18-14-28-25-22(17(2)31)4-3-5-23(18)25/h3-7,9,11-15,17,27-28,31H,8,10H2,1-2H3,(H,26,29). The Labute approximate surface area is 181 Å². The molecule has 1 unspecified atom stereocenters. The first-order valence-corrected chi connectivity index (χ1v) is 10.3. The Balaban J connectivity index is 1.41. The molecule has 4 N–H and O–H groups in total. The van der Waals surface area contributed by atoms with Gasteiger partial charge in [-0.2, -0.15) is 0 Å². The largest absolute Gasteiger partial charge is 0.389 e. The van der Waals surface area contributed by atoms with E-state index < -0.39 is 6.10 Å². The van der Waals surface area contributed by atoms with Crippen molar-refractivity contribution in [1.29, 1.82) is 0 Å². The maximum absolute atomic E-state index is 10.9. The Bertz CT molecular complexity index is 1210. The molecule has 31 heavy (non-hydrogen) atoms. The summed E-state index contributed by atoms with van der Waals surface area (Å²) in [5.74, 6) is 0. The summed E-state index contributed by atoms with van der Waals surface area (Å²) in [7, 11) is 0. The van der Waals surface area contributed by atoms with E-state index >= 15 is 0 Å². The van der Waals surface area contributed by atoms with Gasteiger partial charge in [0.2, 0.25) is 0 Å². The average molecular weight is 415 g/mol. The van der Waals surface area contributed by atoms with E-state index in [2.05, 4.69) is 45.7 Å². The number of aliphatic hydroxyl groups excluding tert-OH is 1. The number of nitrogens with one attached hydrogen (secondary N) is 3. The van der Waals surface area contributed by atoms with Gasteiger partial charge in [-0.1, -0.05) is 18.2 Å². The summed E-state index contributed by atoms with van der Waals surface area (Å²) in [5, 5.41) is 18.0. The zero-order valence-electron chi connectivity index (χ0n) is 17.6. The summed E-state index contributed by atoms with van der Waals surface area (Å²) in [6.07, 6.45) is 4.75. The zero-order valence-corrected chi connectivity index (χ0v) is 17.6. The number of aldehydes is 1. The first-order valence-electron chi connectivity index (χ1n) is 10.3. The summed E-state index contributed by atoms with van der Waals surface area (Å²) >= 11 is 0. The quantitative estimate of drug-likeness (QED) is 0.300. The number of nitrogens with zero attached hydrogens (tertiary/aromatic N) is 1. The van der Waals surface area contributed by atoms with Gasteiger partial charge >= 0.3 is 0 Å². The highest BCUT2D eigenvalue weighted by Gasteiger charge is 2.10. The lowest BCUT2D eigenvalue weighted by Gasteiger charge is -2.13. The van der Waals surface area contributed by atoms with Gasteiger partial charge in [0.05, 0.1) is 11.6 Å². The smallest absolute Gasteiger partial charge is 0.168 e. The van der Waals surface area contributed by atoms with E-state index in [4.69, 9.17) is 0 Å². The number of hydrogen-bond donors (Lipinski definition) is 4. The molecule has 0 bridgehead atoms. The third-order valence-electron chi connectivity index (χ3n) is 5.41. The average Bonchev–Trinajstić information content (AvgIpc) is 3.18. The Morgan fingerprint density at radius 2 is 2.00 bits per heavy atom. The molecule has 0 aliphatic rings. The fourth-order valence-corrected chi connectivity index (χ4v) is 3.82. The van der Waals surface area contributed by atoms with Crippen molar-refractivity contribution in [2.24, 2.45) is 0 Å². The molecule has 2 aromatic heterocycles. The minimum absolute atomic E-state index is 0.401. The van der Waals surface area contributed by atoms with Crippen molar-refractivity contribution in [1.82, 2.24) is 9.97 Å². The summed E-state index contributed by atoms with van der Waals surface area (Å²) in [4.78, 5) is 18.2. The van der Waals surface area contributed by atoms with Gasteiger partial charge in [-0.3, -0.25) is 9.78 Å². The first-order chi connectivity index (χ1) is 15.0. The summed E-state index contributed by atoms with van der Waals surface area (Å²) < 4.78 is 0. The number of aryl methyl sites for hydroxylation is 1. The number of carbonyl (C=O) groups excluding carboxylic acids is 1. The molecular formula is C25H26N4O2. The second kappa shape index (κ2) is 9.02. The maximum atomic E-state index is 10.9. The number of aliphatic hydroxyl groups is 1. The monoisotopic (exact) mass is 414 g/mol. The van der Waals surface area contributed by atoms with Crippen molar-refractivity contribution < 1.29 is 9.90 Å². The lowest BCUT2D eigenvalue weighted by atomic mass is 10.0. The minimum atomic E-state index is -0.500. The van der Waals surface area contributed by atoms with Crippen molar-refractivity contribution in [3.05, 3.63) is 83.3 Å². The first kappa shape index (κ1) is 20.6. The Kier molecular flexibility index (Phi) is 6.00. The molecule has 0 saturated heterocycles. The van der Waals surface area contributed by atoms with Crippen LogP contribution in [0, 0.1) is 6.92 Å². The number of benzene rings is 2. The zero-order chi connectivity index (χ0) is 21.8. The summed E-state index contributed by atoms with van der Waals surface area (Å²) in [6, 6.07) is 15.7. The van der Waals surface area contributed by atoms with Gasteiger partial charge in [-0.05, 0) is 61.7 Å². The number of fused-ring (bicyclic) bond motifs is 1. The van der Waals surface area contributed by atoms with Crippen LogP contribution in [0.3, 0.4) is 0 Å². The van der Waals surface area contributed by atoms with E-state index in [1.54, 1.807) is 19.2 Å². The second-order valence-corrected chi connectivity index (χ2v) is 7.68. The molecule has 0 aliphatic carbocycles. The van der Waals surface area contributed by atoms with Crippen LogP contribution >= 0.6 is 0 Å². The van der Waals surface area contributed by atoms with Crippen molar-refractivity contribution in [3.63, 3.8) is 0 Å². The second-order valence-electron chi connectivity index (χ2n) is 7.68. The maximum Gasteiger partial charge on any atom is 0.168 e.